The van der Waals surface area contributed by atoms with Gasteiger partial charge in [0.1, 0.15) is 0 Å². The van der Waals surface area contributed by atoms with Gasteiger partial charge in [0.05, 0.1) is 29.8 Å². The van der Waals surface area contributed by atoms with E-state index in [0.29, 0.717) is 25.0 Å². The summed E-state index contributed by atoms with van der Waals surface area (Å²) in [6, 6.07) is 0. The van der Waals surface area contributed by atoms with Gasteiger partial charge in [-0.3, -0.25) is 0 Å². The molecule has 0 saturated heterocycles. The largest absolute Gasteiger partial charge is 0.480 e. The van der Waals surface area contributed by atoms with E-state index in [0.717, 1.165) is 10.9 Å². The number of anilines is 1. The van der Waals surface area contributed by atoms with Gasteiger partial charge in [0.2, 0.25) is 11.8 Å². The Balaban J connectivity index is 2.41. The Hall–Kier alpha value is -0.590. The van der Waals surface area contributed by atoms with Crippen LogP contribution >= 0.6 is 27.5 Å². The molecule has 1 aromatic rings. The SMILES string of the molecule is COCC(Cl)CCNc1ncc(Br)c(OC)n1. The second kappa shape index (κ2) is 7.68. The molecule has 1 atom stereocenters. The summed E-state index contributed by atoms with van der Waals surface area (Å²) in [5.74, 6) is 1.02. The molecule has 7 heteroatoms. The Bertz CT molecular complexity index is 354. The standard InChI is InChI=1S/C10H15BrClN3O2/c1-16-6-7(12)3-4-13-10-14-5-8(11)9(15-10)17-2/h5,7H,3-4,6H2,1-2H3,(H,13,14,15). The molecule has 0 aliphatic rings. The first-order chi connectivity index (χ1) is 8.17. The molecule has 1 rings (SSSR count). The van der Waals surface area contributed by atoms with Gasteiger partial charge in [0, 0.05) is 13.7 Å². The summed E-state index contributed by atoms with van der Waals surface area (Å²) in [4.78, 5) is 8.27. The fourth-order valence-electron chi connectivity index (χ4n) is 1.18. The van der Waals surface area contributed by atoms with E-state index >= 15 is 0 Å². The van der Waals surface area contributed by atoms with Gasteiger partial charge in [-0.1, -0.05) is 0 Å². The topological polar surface area (TPSA) is 56.3 Å². The van der Waals surface area contributed by atoms with E-state index in [2.05, 4.69) is 31.2 Å². The lowest BCUT2D eigenvalue weighted by Gasteiger charge is -2.09. The number of rotatable bonds is 7. The minimum atomic E-state index is -0.00940. The molecule has 17 heavy (non-hydrogen) atoms. The number of hydrogen-bond acceptors (Lipinski definition) is 5. The molecule has 96 valence electrons. The second-order valence-electron chi connectivity index (χ2n) is 3.32. The Morgan fingerprint density at radius 2 is 2.29 bits per heavy atom. The number of aromatic nitrogens is 2. The zero-order valence-electron chi connectivity index (χ0n) is 9.74. The fourth-order valence-corrected chi connectivity index (χ4v) is 1.77. The predicted molar refractivity (Wildman–Crippen MR) is 70.9 cm³/mol. The summed E-state index contributed by atoms with van der Waals surface area (Å²) in [5.41, 5.74) is 0. The van der Waals surface area contributed by atoms with Crippen LogP contribution in [0.25, 0.3) is 0 Å². The van der Waals surface area contributed by atoms with Crippen molar-refractivity contribution >= 4 is 33.5 Å². The first-order valence-electron chi connectivity index (χ1n) is 5.10. The van der Waals surface area contributed by atoms with E-state index in [1.54, 1.807) is 20.4 Å². The Labute approximate surface area is 114 Å². The fraction of sp³-hybridized carbons (Fsp3) is 0.600. The third-order valence-electron chi connectivity index (χ3n) is 1.99. The van der Waals surface area contributed by atoms with Gasteiger partial charge < -0.3 is 14.8 Å². The summed E-state index contributed by atoms with van der Waals surface area (Å²) in [5, 5.41) is 3.06. The van der Waals surface area contributed by atoms with Gasteiger partial charge in [-0.2, -0.15) is 4.98 Å². The highest BCUT2D eigenvalue weighted by Crippen LogP contribution is 2.21. The van der Waals surface area contributed by atoms with Crippen molar-refractivity contribution in [2.24, 2.45) is 0 Å². The van der Waals surface area contributed by atoms with Crippen LogP contribution in [0.2, 0.25) is 0 Å². The van der Waals surface area contributed by atoms with E-state index in [4.69, 9.17) is 21.1 Å². The highest BCUT2D eigenvalue weighted by molar-refractivity contribution is 9.10. The van der Waals surface area contributed by atoms with E-state index in [9.17, 15) is 0 Å². The van der Waals surface area contributed by atoms with Gasteiger partial charge in [-0.05, 0) is 22.4 Å². The molecular weight excluding hydrogens is 309 g/mol. The van der Waals surface area contributed by atoms with Gasteiger partial charge >= 0.3 is 0 Å². The molecule has 0 radical (unpaired) electrons. The van der Waals surface area contributed by atoms with Gasteiger partial charge in [-0.25, -0.2) is 4.98 Å². The van der Waals surface area contributed by atoms with Gasteiger partial charge in [0.15, 0.2) is 0 Å². The molecule has 0 saturated carbocycles. The number of ether oxygens (including phenoxy) is 2. The van der Waals surface area contributed by atoms with E-state index in [1.807, 2.05) is 0 Å². The average molecular weight is 325 g/mol. The van der Waals surface area contributed by atoms with Crippen molar-refractivity contribution in [3.63, 3.8) is 0 Å². The highest BCUT2D eigenvalue weighted by Gasteiger charge is 2.06. The maximum Gasteiger partial charge on any atom is 0.232 e. The van der Waals surface area contributed by atoms with Crippen molar-refractivity contribution in [2.75, 3.05) is 32.7 Å². The van der Waals surface area contributed by atoms with Crippen molar-refractivity contribution < 1.29 is 9.47 Å². The molecule has 5 nitrogen and oxygen atoms in total. The quantitative estimate of drug-likeness (QED) is 0.780. The minimum Gasteiger partial charge on any atom is -0.480 e. The van der Waals surface area contributed by atoms with Crippen LogP contribution < -0.4 is 10.1 Å². The molecule has 0 amide bonds. The monoisotopic (exact) mass is 323 g/mol. The van der Waals surface area contributed by atoms with Gasteiger partial charge in [0.25, 0.3) is 0 Å². The van der Waals surface area contributed by atoms with Gasteiger partial charge in [-0.15, -0.1) is 11.6 Å². The number of alkyl halides is 1. The zero-order chi connectivity index (χ0) is 12.7. The van der Waals surface area contributed by atoms with Crippen LogP contribution in [0.1, 0.15) is 6.42 Å². The molecular formula is C10H15BrClN3O2. The van der Waals surface area contributed by atoms with Crippen molar-refractivity contribution in [1.82, 2.24) is 9.97 Å². The lowest BCUT2D eigenvalue weighted by molar-refractivity contribution is 0.196. The minimum absolute atomic E-state index is 0.00940. The number of nitrogens with one attached hydrogen (secondary N) is 1. The summed E-state index contributed by atoms with van der Waals surface area (Å²) in [6.07, 6.45) is 2.42. The lowest BCUT2D eigenvalue weighted by Crippen LogP contribution is -2.14. The van der Waals surface area contributed by atoms with Crippen LogP contribution in [-0.2, 0) is 4.74 Å². The normalized spacial score (nSPS) is 12.2. The van der Waals surface area contributed by atoms with Crippen molar-refractivity contribution in [3.8, 4) is 5.88 Å². The highest BCUT2D eigenvalue weighted by atomic mass is 79.9. The smallest absolute Gasteiger partial charge is 0.232 e. The lowest BCUT2D eigenvalue weighted by atomic mass is 10.3. The molecule has 0 spiro atoms. The number of nitrogens with zero attached hydrogens (tertiary/aromatic N) is 2. The van der Waals surface area contributed by atoms with E-state index < -0.39 is 0 Å². The molecule has 0 aliphatic heterocycles. The third kappa shape index (κ3) is 5.06. The average Bonchev–Trinajstić information content (AvgIpc) is 2.31. The van der Waals surface area contributed by atoms with Crippen LogP contribution in [0.4, 0.5) is 5.95 Å². The Morgan fingerprint density at radius 1 is 1.53 bits per heavy atom. The summed E-state index contributed by atoms with van der Waals surface area (Å²) < 4.78 is 10.7. The van der Waals surface area contributed by atoms with Crippen molar-refractivity contribution in [3.05, 3.63) is 10.7 Å². The van der Waals surface area contributed by atoms with Crippen molar-refractivity contribution in [2.45, 2.75) is 11.8 Å². The molecule has 0 aliphatic carbocycles. The first kappa shape index (κ1) is 14.5. The van der Waals surface area contributed by atoms with Crippen molar-refractivity contribution in [1.29, 1.82) is 0 Å². The molecule has 1 aromatic heterocycles. The summed E-state index contributed by atoms with van der Waals surface area (Å²) in [7, 11) is 3.19. The molecule has 1 heterocycles. The molecule has 0 aromatic carbocycles. The molecule has 1 N–H and O–H groups in total. The zero-order valence-corrected chi connectivity index (χ0v) is 12.1. The van der Waals surface area contributed by atoms with Crippen LogP contribution in [0.3, 0.4) is 0 Å². The maximum absolute atomic E-state index is 5.99. The van der Waals surface area contributed by atoms with Crippen LogP contribution in [0, 0.1) is 0 Å². The maximum atomic E-state index is 5.99. The van der Waals surface area contributed by atoms with E-state index in [1.165, 1.54) is 0 Å². The molecule has 0 bridgehead atoms. The number of methoxy groups -OCH3 is 2. The van der Waals surface area contributed by atoms with Crippen LogP contribution in [0.15, 0.2) is 10.7 Å². The summed E-state index contributed by atoms with van der Waals surface area (Å²) >= 11 is 9.28. The molecule has 0 fully saturated rings. The third-order valence-corrected chi connectivity index (χ3v) is 2.88. The number of halogens is 2. The van der Waals surface area contributed by atoms with Crippen LogP contribution in [0.5, 0.6) is 5.88 Å². The Kier molecular flexibility index (Phi) is 6.54. The van der Waals surface area contributed by atoms with Crippen LogP contribution in [-0.4, -0.2) is 42.7 Å². The predicted octanol–water partition coefficient (Wildman–Crippen LogP) is 2.30. The molecule has 1 unspecified atom stereocenters. The second-order valence-corrected chi connectivity index (χ2v) is 4.79. The Morgan fingerprint density at radius 3 is 2.94 bits per heavy atom. The van der Waals surface area contributed by atoms with E-state index in [-0.39, 0.29) is 5.38 Å². The number of hydrogen-bond donors (Lipinski definition) is 1. The first-order valence-corrected chi connectivity index (χ1v) is 6.33. The summed E-state index contributed by atoms with van der Waals surface area (Å²) in [6.45, 7) is 1.22.